The Morgan fingerprint density at radius 1 is 0.444 bits per heavy atom. The van der Waals surface area contributed by atoms with E-state index in [4.69, 9.17) is 0 Å². The quantitative estimate of drug-likeness (QED) is 0.266. The molecule has 8 rings (SSSR count). The second kappa shape index (κ2) is 7.34. The Morgan fingerprint density at radius 3 is 2.03 bits per heavy atom. The van der Waals surface area contributed by atoms with Gasteiger partial charge in [0.1, 0.15) is 0 Å². The number of aromatic amines is 1. The molecule has 0 saturated carbocycles. The topological polar surface area (TPSA) is 20.7 Å². The number of H-pyrrole nitrogens is 1. The molecule has 0 aliphatic rings. The summed E-state index contributed by atoms with van der Waals surface area (Å²) in [5, 5.41) is 7.62. The molecule has 36 heavy (non-hydrogen) atoms. The molecule has 2 aromatic heterocycles. The smallest absolute Gasteiger partial charge is 0.0619 e. The van der Waals surface area contributed by atoms with Crippen LogP contribution in [0.4, 0.5) is 0 Å². The van der Waals surface area contributed by atoms with Gasteiger partial charge in [-0.2, -0.15) is 0 Å². The molecular weight excluding hydrogens is 436 g/mol. The fourth-order valence-corrected chi connectivity index (χ4v) is 5.83. The standard InChI is InChI=1S/C34H22N2/c1-2-9-25(10-3-1)36-33-19-16-24(21-30(33)28-17-14-22-8-4-5-11-26(22)34(28)36)23-15-18-32-29(20-23)27-12-6-7-13-31(27)35-32/h1-21,35H. The molecule has 0 aliphatic heterocycles. The van der Waals surface area contributed by atoms with E-state index in [0.717, 1.165) is 0 Å². The van der Waals surface area contributed by atoms with E-state index in [0.29, 0.717) is 0 Å². The minimum atomic E-state index is 1.17. The van der Waals surface area contributed by atoms with E-state index < -0.39 is 0 Å². The SMILES string of the molecule is c1ccc(-n2c3ccc(-c4ccc5[nH]c6ccccc6c5c4)cc3c3ccc4ccccc4c32)cc1. The number of hydrogen-bond acceptors (Lipinski definition) is 0. The first-order chi connectivity index (χ1) is 17.8. The maximum absolute atomic E-state index is 3.55. The molecule has 2 nitrogen and oxygen atoms in total. The Hall–Kier alpha value is -4.82. The van der Waals surface area contributed by atoms with Crippen molar-refractivity contribution in [1.82, 2.24) is 9.55 Å². The zero-order valence-electron chi connectivity index (χ0n) is 19.6. The lowest BCUT2D eigenvalue weighted by Crippen LogP contribution is -1.93. The van der Waals surface area contributed by atoms with Crippen molar-refractivity contribution >= 4 is 54.4 Å². The summed E-state index contributed by atoms with van der Waals surface area (Å²) in [7, 11) is 0. The second-order valence-corrected chi connectivity index (χ2v) is 9.52. The molecule has 0 atom stereocenters. The van der Waals surface area contributed by atoms with Gasteiger partial charge < -0.3 is 9.55 Å². The van der Waals surface area contributed by atoms with E-state index in [1.165, 1.54) is 71.2 Å². The number of fused-ring (bicyclic) bond motifs is 8. The first kappa shape index (κ1) is 19.5. The van der Waals surface area contributed by atoms with E-state index >= 15 is 0 Å². The summed E-state index contributed by atoms with van der Waals surface area (Å²) in [6.07, 6.45) is 0. The Morgan fingerprint density at radius 2 is 1.14 bits per heavy atom. The van der Waals surface area contributed by atoms with E-state index in [9.17, 15) is 0 Å². The Labute approximate surface area is 208 Å². The van der Waals surface area contributed by atoms with Crippen LogP contribution in [0.1, 0.15) is 0 Å². The normalized spacial score (nSPS) is 11.9. The molecule has 168 valence electrons. The molecule has 2 heteroatoms. The van der Waals surface area contributed by atoms with Crippen LogP contribution in [0.15, 0.2) is 127 Å². The van der Waals surface area contributed by atoms with Crippen LogP contribution in [0.2, 0.25) is 0 Å². The highest BCUT2D eigenvalue weighted by Crippen LogP contribution is 2.39. The van der Waals surface area contributed by atoms with Gasteiger partial charge in [0.2, 0.25) is 0 Å². The maximum atomic E-state index is 3.55. The first-order valence-electron chi connectivity index (χ1n) is 12.4. The van der Waals surface area contributed by atoms with E-state index in [1.807, 2.05) is 0 Å². The van der Waals surface area contributed by atoms with E-state index in [2.05, 4.69) is 137 Å². The zero-order chi connectivity index (χ0) is 23.6. The Kier molecular flexibility index (Phi) is 3.97. The molecule has 0 fully saturated rings. The van der Waals surface area contributed by atoms with Crippen molar-refractivity contribution in [2.24, 2.45) is 0 Å². The lowest BCUT2D eigenvalue weighted by atomic mass is 10.00. The number of rotatable bonds is 2. The van der Waals surface area contributed by atoms with Crippen molar-refractivity contribution < 1.29 is 0 Å². The predicted molar refractivity (Wildman–Crippen MR) is 153 cm³/mol. The van der Waals surface area contributed by atoms with Crippen molar-refractivity contribution in [2.45, 2.75) is 0 Å². The number of benzene rings is 6. The second-order valence-electron chi connectivity index (χ2n) is 9.52. The van der Waals surface area contributed by atoms with Gasteiger partial charge in [0.05, 0.1) is 11.0 Å². The van der Waals surface area contributed by atoms with Crippen LogP contribution in [0, 0.1) is 0 Å². The number of nitrogens with zero attached hydrogens (tertiary/aromatic N) is 1. The van der Waals surface area contributed by atoms with Crippen LogP contribution in [0.5, 0.6) is 0 Å². The van der Waals surface area contributed by atoms with Crippen LogP contribution < -0.4 is 0 Å². The van der Waals surface area contributed by atoms with Gasteiger partial charge in [0, 0.05) is 43.7 Å². The number of hydrogen-bond donors (Lipinski definition) is 1. The minimum absolute atomic E-state index is 1.17. The van der Waals surface area contributed by atoms with Crippen LogP contribution >= 0.6 is 0 Å². The lowest BCUT2D eigenvalue weighted by Gasteiger charge is -2.10. The maximum Gasteiger partial charge on any atom is 0.0619 e. The van der Waals surface area contributed by atoms with Crippen LogP contribution in [0.25, 0.3) is 71.2 Å². The third-order valence-corrected chi connectivity index (χ3v) is 7.51. The molecule has 0 spiro atoms. The van der Waals surface area contributed by atoms with Gasteiger partial charge in [-0.15, -0.1) is 0 Å². The summed E-state index contributed by atoms with van der Waals surface area (Å²) < 4.78 is 2.42. The molecule has 6 aromatic carbocycles. The zero-order valence-corrected chi connectivity index (χ0v) is 19.6. The summed E-state index contributed by atoms with van der Waals surface area (Å²) in [5.74, 6) is 0. The predicted octanol–water partition coefficient (Wildman–Crippen LogP) is 9.24. The number of aromatic nitrogens is 2. The van der Waals surface area contributed by atoms with Gasteiger partial charge in [0.25, 0.3) is 0 Å². The van der Waals surface area contributed by atoms with Gasteiger partial charge in [-0.25, -0.2) is 0 Å². The van der Waals surface area contributed by atoms with Gasteiger partial charge >= 0.3 is 0 Å². The molecular formula is C34H22N2. The molecule has 0 bridgehead atoms. The minimum Gasteiger partial charge on any atom is -0.355 e. The van der Waals surface area contributed by atoms with Crippen LogP contribution in [0.3, 0.4) is 0 Å². The van der Waals surface area contributed by atoms with Crippen molar-refractivity contribution in [1.29, 1.82) is 0 Å². The molecule has 0 radical (unpaired) electrons. The van der Waals surface area contributed by atoms with Crippen LogP contribution in [-0.4, -0.2) is 9.55 Å². The first-order valence-corrected chi connectivity index (χ1v) is 12.4. The van der Waals surface area contributed by atoms with Gasteiger partial charge in [-0.1, -0.05) is 84.9 Å². The third-order valence-electron chi connectivity index (χ3n) is 7.51. The average molecular weight is 459 g/mol. The molecule has 0 unspecified atom stereocenters. The summed E-state index contributed by atoms with van der Waals surface area (Å²) in [6, 6.07) is 46.1. The Bertz CT molecular complexity index is 2090. The van der Waals surface area contributed by atoms with Crippen molar-refractivity contribution in [3.8, 4) is 16.8 Å². The highest BCUT2D eigenvalue weighted by Gasteiger charge is 2.16. The number of nitrogens with one attached hydrogen (secondary N) is 1. The summed E-state index contributed by atoms with van der Waals surface area (Å²) in [5.41, 5.74) is 8.49. The molecule has 0 saturated heterocycles. The van der Waals surface area contributed by atoms with Gasteiger partial charge in [0.15, 0.2) is 0 Å². The highest BCUT2D eigenvalue weighted by molar-refractivity contribution is 6.19. The van der Waals surface area contributed by atoms with Gasteiger partial charge in [-0.05, 0) is 59.0 Å². The molecule has 8 aromatic rings. The molecule has 0 aliphatic carbocycles. The monoisotopic (exact) mass is 458 g/mol. The summed E-state index contributed by atoms with van der Waals surface area (Å²) in [4.78, 5) is 3.55. The van der Waals surface area contributed by atoms with Crippen molar-refractivity contribution in [3.05, 3.63) is 127 Å². The Balaban J connectivity index is 1.44. The van der Waals surface area contributed by atoms with Crippen LogP contribution in [-0.2, 0) is 0 Å². The lowest BCUT2D eigenvalue weighted by molar-refractivity contribution is 1.19. The molecule has 1 N–H and O–H groups in total. The van der Waals surface area contributed by atoms with Crippen molar-refractivity contribution in [2.75, 3.05) is 0 Å². The van der Waals surface area contributed by atoms with E-state index in [1.54, 1.807) is 0 Å². The largest absolute Gasteiger partial charge is 0.355 e. The van der Waals surface area contributed by atoms with Gasteiger partial charge in [-0.3, -0.25) is 0 Å². The summed E-state index contributed by atoms with van der Waals surface area (Å²) in [6.45, 7) is 0. The fraction of sp³-hybridized carbons (Fsp3) is 0. The van der Waals surface area contributed by atoms with Crippen molar-refractivity contribution in [3.63, 3.8) is 0 Å². The summed E-state index contributed by atoms with van der Waals surface area (Å²) >= 11 is 0. The number of para-hydroxylation sites is 2. The third kappa shape index (κ3) is 2.73. The van der Waals surface area contributed by atoms with E-state index in [-0.39, 0.29) is 0 Å². The highest BCUT2D eigenvalue weighted by atomic mass is 15.0. The fourth-order valence-electron chi connectivity index (χ4n) is 5.83. The molecule has 2 heterocycles. The average Bonchev–Trinajstić information content (AvgIpc) is 3.48. The molecule has 0 amide bonds.